The van der Waals surface area contributed by atoms with Crippen molar-refractivity contribution in [2.24, 2.45) is 0 Å². The number of nitrogens with one attached hydrogen (secondary N) is 1. The van der Waals surface area contributed by atoms with Gasteiger partial charge in [0.2, 0.25) is 5.88 Å². The van der Waals surface area contributed by atoms with Gasteiger partial charge in [-0.15, -0.1) is 0 Å². The van der Waals surface area contributed by atoms with E-state index in [2.05, 4.69) is 15.2 Å². The zero-order chi connectivity index (χ0) is 18.5. The van der Waals surface area contributed by atoms with Crippen molar-refractivity contribution in [2.75, 3.05) is 25.1 Å². The summed E-state index contributed by atoms with van der Waals surface area (Å²) in [5.74, 6) is 0.154. The van der Waals surface area contributed by atoms with Gasteiger partial charge in [-0.1, -0.05) is 6.07 Å². The third kappa shape index (κ3) is 3.90. The van der Waals surface area contributed by atoms with Crippen molar-refractivity contribution in [1.82, 2.24) is 10.3 Å². The Labute approximate surface area is 150 Å². The monoisotopic (exact) mass is 356 g/mol. The molecular weight excluding hydrogens is 336 g/mol. The highest BCUT2D eigenvalue weighted by atomic mass is 16.6. The van der Waals surface area contributed by atoms with Crippen LogP contribution in [-0.4, -0.2) is 36.0 Å². The molecule has 26 heavy (non-hydrogen) atoms. The van der Waals surface area contributed by atoms with Crippen LogP contribution in [0.15, 0.2) is 36.5 Å². The average molecular weight is 356 g/mol. The van der Waals surface area contributed by atoms with Crippen molar-refractivity contribution >= 4 is 17.3 Å². The highest BCUT2D eigenvalue weighted by Crippen LogP contribution is 2.28. The number of nitro groups is 1. The Balaban J connectivity index is 1.79. The molecule has 0 spiro atoms. The van der Waals surface area contributed by atoms with Crippen LogP contribution in [-0.2, 0) is 6.54 Å². The summed E-state index contributed by atoms with van der Waals surface area (Å²) >= 11 is 0. The molecule has 136 valence electrons. The van der Waals surface area contributed by atoms with E-state index in [1.165, 1.54) is 19.2 Å². The van der Waals surface area contributed by atoms with Gasteiger partial charge in [0.25, 0.3) is 11.6 Å². The van der Waals surface area contributed by atoms with E-state index >= 15 is 0 Å². The molecule has 0 atom stereocenters. The fraction of sp³-hybridized carbons (Fsp3) is 0.333. The van der Waals surface area contributed by atoms with Crippen molar-refractivity contribution in [2.45, 2.75) is 19.4 Å². The molecule has 0 bridgehead atoms. The number of carbonyl (C=O) groups is 1. The van der Waals surface area contributed by atoms with Crippen LogP contribution in [0, 0.1) is 10.1 Å². The Bertz CT molecular complexity index is 801. The zero-order valence-corrected chi connectivity index (χ0v) is 14.5. The SMILES string of the molecule is COc1ccc(CNC(=O)c2cc([N+](=O)[O-])ccc2N2CCCC2)cn1. The fourth-order valence-electron chi connectivity index (χ4n) is 2.97. The van der Waals surface area contributed by atoms with Gasteiger partial charge in [-0.2, -0.15) is 0 Å². The molecule has 0 saturated carbocycles. The zero-order valence-electron chi connectivity index (χ0n) is 14.5. The number of anilines is 1. The smallest absolute Gasteiger partial charge is 0.270 e. The highest BCUT2D eigenvalue weighted by Gasteiger charge is 2.22. The van der Waals surface area contributed by atoms with Gasteiger partial charge < -0.3 is 15.0 Å². The van der Waals surface area contributed by atoms with Crippen LogP contribution >= 0.6 is 0 Å². The maximum Gasteiger partial charge on any atom is 0.270 e. The minimum Gasteiger partial charge on any atom is -0.481 e. The van der Waals surface area contributed by atoms with E-state index in [4.69, 9.17) is 4.74 Å². The predicted molar refractivity (Wildman–Crippen MR) is 96.5 cm³/mol. The van der Waals surface area contributed by atoms with Crippen molar-refractivity contribution < 1.29 is 14.5 Å². The lowest BCUT2D eigenvalue weighted by molar-refractivity contribution is -0.384. The first-order valence-electron chi connectivity index (χ1n) is 8.39. The first-order chi connectivity index (χ1) is 12.6. The molecule has 1 aromatic carbocycles. The second-order valence-corrected chi connectivity index (χ2v) is 6.04. The van der Waals surface area contributed by atoms with Crippen LogP contribution in [0.5, 0.6) is 5.88 Å². The number of nitro benzene ring substituents is 1. The fourth-order valence-corrected chi connectivity index (χ4v) is 2.97. The second kappa shape index (κ2) is 7.81. The van der Waals surface area contributed by atoms with E-state index in [0.717, 1.165) is 37.2 Å². The summed E-state index contributed by atoms with van der Waals surface area (Å²) in [6, 6.07) is 7.96. The predicted octanol–water partition coefficient (Wildman–Crippen LogP) is 2.53. The van der Waals surface area contributed by atoms with Crippen molar-refractivity contribution in [1.29, 1.82) is 0 Å². The lowest BCUT2D eigenvalue weighted by Gasteiger charge is -2.20. The standard InChI is InChI=1S/C18H20N4O4/c1-26-17-7-4-13(11-19-17)12-20-18(23)15-10-14(22(24)25)5-6-16(15)21-8-2-3-9-21/h4-7,10-11H,2-3,8-9,12H2,1H3,(H,20,23). The van der Waals surface area contributed by atoms with Crippen LogP contribution in [0.2, 0.25) is 0 Å². The molecule has 8 nitrogen and oxygen atoms in total. The third-order valence-corrected chi connectivity index (χ3v) is 4.34. The molecule has 1 aliphatic rings. The lowest BCUT2D eigenvalue weighted by Crippen LogP contribution is -2.27. The van der Waals surface area contributed by atoms with E-state index in [0.29, 0.717) is 11.4 Å². The first-order valence-corrected chi connectivity index (χ1v) is 8.39. The molecule has 1 saturated heterocycles. The quantitative estimate of drug-likeness (QED) is 0.631. The minimum absolute atomic E-state index is 0.0933. The van der Waals surface area contributed by atoms with E-state index in [-0.39, 0.29) is 18.1 Å². The van der Waals surface area contributed by atoms with Crippen LogP contribution in [0.25, 0.3) is 0 Å². The molecule has 1 fully saturated rings. The van der Waals surface area contributed by atoms with Crippen molar-refractivity contribution in [3.8, 4) is 5.88 Å². The summed E-state index contributed by atoms with van der Waals surface area (Å²) in [5, 5.41) is 13.9. The largest absolute Gasteiger partial charge is 0.481 e. The maximum absolute atomic E-state index is 12.7. The molecule has 2 heterocycles. The van der Waals surface area contributed by atoms with Crippen molar-refractivity contribution in [3.05, 3.63) is 57.8 Å². The van der Waals surface area contributed by atoms with Crippen molar-refractivity contribution in [3.63, 3.8) is 0 Å². The number of nitrogens with zero attached hydrogens (tertiary/aromatic N) is 3. The number of hydrogen-bond acceptors (Lipinski definition) is 6. The number of amides is 1. The normalized spacial score (nSPS) is 13.5. The molecule has 0 unspecified atom stereocenters. The second-order valence-electron chi connectivity index (χ2n) is 6.04. The number of methoxy groups -OCH3 is 1. The molecule has 3 rings (SSSR count). The number of aromatic nitrogens is 1. The van der Waals surface area contributed by atoms with Gasteiger partial charge >= 0.3 is 0 Å². The number of hydrogen-bond donors (Lipinski definition) is 1. The Morgan fingerprint density at radius 1 is 1.31 bits per heavy atom. The van der Waals surface area contributed by atoms with Gasteiger partial charge in [0.05, 0.1) is 23.3 Å². The molecule has 0 radical (unpaired) electrons. The topological polar surface area (TPSA) is 97.6 Å². The van der Waals surface area contributed by atoms with Gasteiger partial charge in [-0.05, 0) is 24.5 Å². The van der Waals surface area contributed by atoms with Gasteiger partial charge in [0.1, 0.15) is 0 Å². The van der Waals surface area contributed by atoms with Gasteiger partial charge in [0, 0.05) is 44.0 Å². The summed E-state index contributed by atoms with van der Waals surface area (Å²) in [7, 11) is 1.53. The van der Waals surface area contributed by atoms with Gasteiger partial charge in [0.15, 0.2) is 0 Å². The third-order valence-electron chi connectivity index (χ3n) is 4.34. The lowest BCUT2D eigenvalue weighted by atomic mass is 10.1. The van der Waals surface area contributed by atoms with Crippen LogP contribution in [0.4, 0.5) is 11.4 Å². The molecule has 2 aromatic rings. The number of non-ortho nitro benzene ring substituents is 1. The number of pyridine rings is 1. The summed E-state index contributed by atoms with van der Waals surface area (Å²) in [6.07, 6.45) is 3.72. The summed E-state index contributed by atoms with van der Waals surface area (Å²) in [6.45, 7) is 1.97. The van der Waals surface area contributed by atoms with Crippen LogP contribution < -0.4 is 15.0 Å². The van der Waals surface area contributed by atoms with E-state index < -0.39 is 4.92 Å². The number of rotatable bonds is 6. The highest BCUT2D eigenvalue weighted by molar-refractivity contribution is 6.00. The summed E-state index contributed by atoms with van der Waals surface area (Å²) in [4.78, 5) is 29.5. The number of carbonyl (C=O) groups excluding carboxylic acids is 1. The van der Waals surface area contributed by atoms with Gasteiger partial charge in [-0.3, -0.25) is 14.9 Å². The van der Waals surface area contributed by atoms with Crippen LogP contribution in [0.3, 0.4) is 0 Å². The molecule has 1 amide bonds. The van der Waals surface area contributed by atoms with Gasteiger partial charge in [-0.25, -0.2) is 4.98 Å². The van der Waals surface area contributed by atoms with E-state index in [1.807, 2.05) is 0 Å². The maximum atomic E-state index is 12.7. The Morgan fingerprint density at radius 3 is 2.69 bits per heavy atom. The molecular formula is C18H20N4O4. The van der Waals surface area contributed by atoms with E-state index in [9.17, 15) is 14.9 Å². The summed E-state index contributed by atoms with van der Waals surface area (Å²) in [5.41, 5.74) is 1.78. The summed E-state index contributed by atoms with van der Waals surface area (Å²) < 4.78 is 5.00. The molecule has 1 aromatic heterocycles. The minimum atomic E-state index is -0.488. The molecule has 8 heteroatoms. The molecule has 1 aliphatic heterocycles. The first kappa shape index (κ1) is 17.7. The van der Waals surface area contributed by atoms with Crippen LogP contribution in [0.1, 0.15) is 28.8 Å². The Hall–Kier alpha value is -3.16. The Morgan fingerprint density at radius 2 is 2.08 bits per heavy atom. The number of benzene rings is 1. The number of ether oxygens (including phenoxy) is 1. The molecule has 1 N–H and O–H groups in total. The Kier molecular flexibility index (Phi) is 5.31. The van der Waals surface area contributed by atoms with E-state index in [1.54, 1.807) is 24.4 Å². The molecule has 0 aliphatic carbocycles. The average Bonchev–Trinajstić information content (AvgIpc) is 3.20.